The lowest BCUT2D eigenvalue weighted by Crippen LogP contribution is -2.22. The van der Waals surface area contributed by atoms with Crippen molar-refractivity contribution >= 4 is 74.5 Å². The summed E-state index contributed by atoms with van der Waals surface area (Å²) in [6.45, 7) is 26.3. The highest BCUT2D eigenvalue weighted by molar-refractivity contribution is 7.06. The topological polar surface area (TPSA) is 18.5 Å². The quantitative estimate of drug-likeness (QED) is 0.339. The van der Waals surface area contributed by atoms with Crippen molar-refractivity contribution in [2.45, 2.75) is 97.8 Å². The maximum Gasteiger partial charge on any atom is 0.159 e. The Morgan fingerprint density at radius 3 is 0.880 bits per heavy atom. The van der Waals surface area contributed by atoms with E-state index in [4.69, 9.17) is 30.4 Å². The molecule has 0 saturated heterocycles. The highest BCUT2D eigenvalue weighted by Crippen LogP contribution is 1.99. The fraction of sp³-hybridized carbons (Fsp3) is 1.00. The van der Waals surface area contributed by atoms with Gasteiger partial charge in [-0.05, 0) is 57.4 Å². The lowest BCUT2D eigenvalue weighted by Gasteiger charge is -2.13. The molecule has 0 amide bonds. The van der Waals surface area contributed by atoms with E-state index < -0.39 is 52.4 Å². The Morgan fingerprint density at radius 1 is 0.560 bits per heavy atom. The second-order valence-corrected chi connectivity index (χ2v) is 27.5. The summed E-state index contributed by atoms with van der Waals surface area (Å²) in [5.74, 6) is 0. The van der Waals surface area contributed by atoms with Crippen LogP contribution in [-0.4, -0.2) is 52.4 Å². The maximum absolute atomic E-state index is 5.83. The molecular weight excluding hydrogens is 452 g/mol. The fourth-order valence-electron chi connectivity index (χ4n) is 1.13. The van der Waals surface area contributed by atoms with Crippen molar-refractivity contribution in [1.29, 1.82) is 0 Å². The van der Waals surface area contributed by atoms with E-state index in [2.05, 4.69) is 79.7 Å². The molecule has 0 saturated carbocycles. The third-order valence-corrected chi connectivity index (χ3v) is 15.1. The van der Waals surface area contributed by atoms with Gasteiger partial charge in [-0.2, -0.15) is 22.2 Å². The standard InChI is InChI=1S/C6H18OSi2.C4H14OSi2.C3H9ClSi.C2H7ClSi/c1-5-8(3)7-9(4)6-2;1-6(2)5-7(3)4;1-3-5(2)4;1-4(2)3/h8-9H,5-6H2,1-4H3;6-7H,1-4H3;5H,3H2,1-2H3;4H,1-2H3. The van der Waals surface area contributed by atoms with Gasteiger partial charge in [-0.15, -0.1) is 0 Å². The van der Waals surface area contributed by atoms with Gasteiger partial charge < -0.3 is 8.23 Å². The normalized spacial score (nSPS) is 13.8. The molecule has 0 aromatic carbocycles. The first kappa shape index (κ1) is 34.3. The molecule has 0 N–H and O–H groups in total. The molecule has 0 aromatic heterocycles. The third-order valence-electron chi connectivity index (χ3n) is 2.72. The first-order valence-electron chi connectivity index (χ1n) is 9.92. The predicted molar refractivity (Wildman–Crippen MR) is 141 cm³/mol. The predicted octanol–water partition coefficient (Wildman–Crippen LogP) is 5.53. The molecule has 0 aromatic rings. The molecule has 0 spiro atoms. The summed E-state index contributed by atoms with van der Waals surface area (Å²) in [4.78, 5) is 0. The summed E-state index contributed by atoms with van der Waals surface area (Å²) < 4.78 is 11.4. The Kier molecular flexibility index (Phi) is 35.4. The van der Waals surface area contributed by atoms with Gasteiger partial charge in [0.1, 0.15) is 16.2 Å². The third kappa shape index (κ3) is 58.5. The lowest BCUT2D eigenvalue weighted by molar-refractivity contribution is 0.592. The molecule has 0 radical (unpaired) electrons. The molecule has 0 bridgehead atoms. The number of hydrogen-bond acceptors (Lipinski definition) is 2. The van der Waals surface area contributed by atoms with Crippen LogP contribution in [-0.2, 0) is 8.23 Å². The molecular formula is C15H48Cl2O2Si6. The first-order chi connectivity index (χ1) is 11.3. The second-order valence-electron chi connectivity index (χ2n) is 7.01. The summed E-state index contributed by atoms with van der Waals surface area (Å²) >= 11 is 11.0. The summed E-state index contributed by atoms with van der Waals surface area (Å²) in [6.07, 6.45) is 0. The van der Waals surface area contributed by atoms with Crippen molar-refractivity contribution < 1.29 is 8.23 Å². The van der Waals surface area contributed by atoms with Gasteiger partial charge in [0.25, 0.3) is 0 Å². The van der Waals surface area contributed by atoms with Gasteiger partial charge in [0.15, 0.2) is 36.2 Å². The van der Waals surface area contributed by atoms with Crippen LogP contribution in [0.3, 0.4) is 0 Å². The Bertz CT molecular complexity index is 221. The van der Waals surface area contributed by atoms with E-state index in [0.29, 0.717) is 0 Å². The fourth-order valence-corrected chi connectivity index (χ4v) is 10.2. The van der Waals surface area contributed by atoms with Gasteiger partial charge >= 0.3 is 0 Å². The highest BCUT2D eigenvalue weighted by Gasteiger charge is 2.06. The van der Waals surface area contributed by atoms with Crippen LogP contribution in [0.1, 0.15) is 20.8 Å². The van der Waals surface area contributed by atoms with Crippen molar-refractivity contribution in [1.82, 2.24) is 0 Å². The van der Waals surface area contributed by atoms with Gasteiger partial charge in [-0.3, -0.25) is 0 Å². The van der Waals surface area contributed by atoms with E-state index >= 15 is 0 Å². The zero-order valence-electron chi connectivity index (χ0n) is 19.2. The number of rotatable bonds is 7. The average Bonchev–Trinajstić information content (AvgIpc) is 2.46. The zero-order valence-corrected chi connectivity index (χ0v) is 27.6. The molecule has 158 valence electrons. The van der Waals surface area contributed by atoms with E-state index in [1.165, 1.54) is 18.1 Å². The van der Waals surface area contributed by atoms with Gasteiger partial charge in [0.05, 0.1) is 0 Å². The molecule has 3 unspecified atom stereocenters. The number of hydrogen-bond donors (Lipinski definition) is 0. The zero-order chi connectivity index (χ0) is 21.0. The lowest BCUT2D eigenvalue weighted by atomic mass is 11.0. The summed E-state index contributed by atoms with van der Waals surface area (Å²) in [7, 11) is -4.07. The van der Waals surface area contributed by atoms with Gasteiger partial charge in [-0.1, -0.05) is 40.4 Å². The van der Waals surface area contributed by atoms with Crippen LogP contribution in [0, 0.1) is 0 Å². The van der Waals surface area contributed by atoms with E-state index in [1.807, 2.05) is 0 Å². The minimum Gasteiger partial charge on any atom is -0.461 e. The Morgan fingerprint density at radius 2 is 0.800 bits per heavy atom. The van der Waals surface area contributed by atoms with Crippen LogP contribution in [0.4, 0.5) is 0 Å². The molecule has 0 aliphatic carbocycles. The van der Waals surface area contributed by atoms with Crippen molar-refractivity contribution in [3.05, 3.63) is 0 Å². The van der Waals surface area contributed by atoms with E-state index in [9.17, 15) is 0 Å². The van der Waals surface area contributed by atoms with Crippen molar-refractivity contribution in [2.75, 3.05) is 0 Å². The highest BCUT2D eigenvalue weighted by atomic mass is 35.6. The SMILES string of the molecule is CC[SiH](C)Cl.CC[SiH](C)O[SiH](C)CC.C[SiH](C)Cl.C[SiH](C)O[SiH](C)C. The van der Waals surface area contributed by atoms with Crippen molar-refractivity contribution in [2.24, 2.45) is 0 Å². The Balaban J connectivity index is -0.000000123. The molecule has 25 heavy (non-hydrogen) atoms. The minimum atomic E-state index is -0.695. The Hall–Kier alpha value is 1.80. The first-order valence-corrected chi connectivity index (χ1v) is 28.1. The molecule has 0 heterocycles. The second kappa shape index (κ2) is 25.8. The van der Waals surface area contributed by atoms with E-state index in [0.717, 1.165) is 0 Å². The van der Waals surface area contributed by atoms with Gasteiger partial charge in [0, 0.05) is 0 Å². The summed E-state index contributed by atoms with van der Waals surface area (Å²) in [6, 6.07) is 3.79. The van der Waals surface area contributed by atoms with Crippen LogP contribution in [0.5, 0.6) is 0 Å². The molecule has 0 aliphatic heterocycles. The number of halogens is 2. The average molecular weight is 500 g/mol. The van der Waals surface area contributed by atoms with Crippen molar-refractivity contribution in [3.63, 3.8) is 0 Å². The van der Waals surface area contributed by atoms with Crippen LogP contribution in [0.25, 0.3) is 0 Å². The Labute approximate surface area is 179 Å². The van der Waals surface area contributed by atoms with E-state index in [-0.39, 0.29) is 0 Å². The van der Waals surface area contributed by atoms with E-state index in [1.54, 1.807) is 0 Å². The monoisotopic (exact) mass is 498 g/mol. The largest absolute Gasteiger partial charge is 0.461 e. The smallest absolute Gasteiger partial charge is 0.159 e. The van der Waals surface area contributed by atoms with Gasteiger partial charge in [-0.25, -0.2) is 0 Å². The van der Waals surface area contributed by atoms with Crippen LogP contribution < -0.4 is 0 Å². The minimum absolute atomic E-state index is 0.667. The molecule has 2 nitrogen and oxygen atoms in total. The molecule has 3 atom stereocenters. The molecule has 0 aliphatic rings. The summed E-state index contributed by atoms with van der Waals surface area (Å²) in [5, 5.41) is 0. The van der Waals surface area contributed by atoms with Crippen molar-refractivity contribution in [3.8, 4) is 0 Å². The van der Waals surface area contributed by atoms with Crippen LogP contribution in [0.15, 0.2) is 0 Å². The maximum atomic E-state index is 5.83. The molecule has 0 rings (SSSR count). The summed E-state index contributed by atoms with van der Waals surface area (Å²) in [5.41, 5.74) is 0. The molecule has 10 heteroatoms. The van der Waals surface area contributed by atoms with Crippen LogP contribution >= 0.6 is 22.2 Å². The van der Waals surface area contributed by atoms with Gasteiger partial charge in [0.2, 0.25) is 0 Å². The molecule has 0 fully saturated rings. The van der Waals surface area contributed by atoms with Crippen LogP contribution in [0.2, 0.25) is 77.1 Å².